The second-order valence-corrected chi connectivity index (χ2v) is 5.11. The fourth-order valence-corrected chi connectivity index (χ4v) is 2.73. The van der Waals surface area contributed by atoms with Gasteiger partial charge in [0.2, 0.25) is 0 Å². The minimum atomic E-state index is 0.00444. The highest BCUT2D eigenvalue weighted by atomic mass is 16.3. The van der Waals surface area contributed by atoms with E-state index >= 15 is 0 Å². The van der Waals surface area contributed by atoms with Gasteiger partial charge in [0.25, 0.3) is 0 Å². The summed E-state index contributed by atoms with van der Waals surface area (Å²) in [7, 11) is 2.24. The van der Waals surface area contributed by atoms with E-state index in [9.17, 15) is 5.11 Å². The predicted octanol–water partition coefficient (Wildman–Crippen LogP) is 2.02. The van der Waals surface area contributed by atoms with E-state index in [-0.39, 0.29) is 6.10 Å². The predicted molar refractivity (Wildman–Crippen MR) is 58.2 cm³/mol. The van der Waals surface area contributed by atoms with Gasteiger partial charge in [-0.1, -0.05) is 12.8 Å². The van der Waals surface area contributed by atoms with Gasteiger partial charge in [0.05, 0.1) is 6.10 Å². The molecule has 0 aromatic rings. The van der Waals surface area contributed by atoms with Crippen LogP contribution in [-0.2, 0) is 0 Å². The highest BCUT2D eigenvalue weighted by Crippen LogP contribution is 2.29. The second kappa shape index (κ2) is 4.63. The Balaban J connectivity index is 1.65. The number of aliphatic hydroxyl groups excluding tert-OH is 1. The minimum Gasteiger partial charge on any atom is -0.393 e. The van der Waals surface area contributed by atoms with Gasteiger partial charge in [0.15, 0.2) is 0 Å². The van der Waals surface area contributed by atoms with E-state index in [0.29, 0.717) is 5.92 Å². The maximum atomic E-state index is 9.69. The van der Waals surface area contributed by atoms with Crippen LogP contribution in [0.5, 0.6) is 0 Å². The van der Waals surface area contributed by atoms with Gasteiger partial charge in [-0.2, -0.15) is 0 Å². The lowest BCUT2D eigenvalue weighted by atomic mass is 9.91. The molecule has 2 rings (SSSR count). The SMILES string of the molecule is CN(CCC1CCCC1O)C1CCC1. The first-order chi connectivity index (χ1) is 6.77. The molecule has 2 saturated carbocycles. The Labute approximate surface area is 87.3 Å². The topological polar surface area (TPSA) is 23.5 Å². The van der Waals surface area contributed by atoms with Crippen molar-refractivity contribution >= 4 is 0 Å². The van der Waals surface area contributed by atoms with E-state index in [4.69, 9.17) is 0 Å². The summed E-state index contributed by atoms with van der Waals surface area (Å²) in [6, 6.07) is 0.855. The Bertz CT molecular complexity index is 179. The number of hydrogen-bond donors (Lipinski definition) is 1. The molecular formula is C12H23NO. The van der Waals surface area contributed by atoms with Crippen molar-refractivity contribution in [2.75, 3.05) is 13.6 Å². The van der Waals surface area contributed by atoms with Crippen molar-refractivity contribution in [3.63, 3.8) is 0 Å². The molecule has 2 fully saturated rings. The Kier molecular flexibility index (Phi) is 3.45. The fourth-order valence-electron chi connectivity index (χ4n) is 2.73. The molecule has 0 heterocycles. The summed E-state index contributed by atoms with van der Waals surface area (Å²) < 4.78 is 0. The van der Waals surface area contributed by atoms with E-state index in [0.717, 1.165) is 12.5 Å². The van der Waals surface area contributed by atoms with Crippen molar-refractivity contribution in [2.45, 2.75) is 57.1 Å². The van der Waals surface area contributed by atoms with Gasteiger partial charge in [-0.05, 0) is 51.6 Å². The Morgan fingerprint density at radius 2 is 1.86 bits per heavy atom. The van der Waals surface area contributed by atoms with E-state index in [2.05, 4.69) is 11.9 Å². The molecule has 0 aromatic carbocycles. The zero-order valence-electron chi connectivity index (χ0n) is 9.28. The van der Waals surface area contributed by atoms with E-state index < -0.39 is 0 Å². The molecule has 0 radical (unpaired) electrons. The van der Waals surface area contributed by atoms with Crippen LogP contribution >= 0.6 is 0 Å². The summed E-state index contributed by atoms with van der Waals surface area (Å²) in [5, 5.41) is 9.69. The van der Waals surface area contributed by atoms with Crippen LogP contribution in [0.1, 0.15) is 44.9 Å². The molecule has 0 amide bonds. The fraction of sp³-hybridized carbons (Fsp3) is 1.00. The zero-order valence-corrected chi connectivity index (χ0v) is 9.28. The molecule has 2 aliphatic carbocycles. The van der Waals surface area contributed by atoms with Gasteiger partial charge >= 0.3 is 0 Å². The molecule has 0 aliphatic heterocycles. The summed E-state index contributed by atoms with van der Waals surface area (Å²) in [6.07, 6.45) is 8.93. The molecule has 2 aliphatic rings. The Morgan fingerprint density at radius 1 is 1.14 bits per heavy atom. The number of aliphatic hydroxyl groups is 1. The lowest BCUT2D eigenvalue weighted by molar-refractivity contribution is 0.104. The van der Waals surface area contributed by atoms with Gasteiger partial charge in [-0.3, -0.25) is 0 Å². The molecule has 2 heteroatoms. The van der Waals surface area contributed by atoms with E-state index in [1.165, 1.54) is 45.1 Å². The standard InChI is InChI=1S/C12H23NO/c1-13(11-5-3-6-11)9-8-10-4-2-7-12(10)14/h10-12,14H,2-9H2,1H3. The molecule has 2 unspecified atom stereocenters. The average molecular weight is 197 g/mol. The molecule has 0 aromatic heterocycles. The third-order valence-electron chi connectivity index (χ3n) is 4.17. The van der Waals surface area contributed by atoms with Crippen LogP contribution in [0.15, 0.2) is 0 Å². The monoisotopic (exact) mass is 197 g/mol. The number of hydrogen-bond acceptors (Lipinski definition) is 2. The minimum absolute atomic E-state index is 0.00444. The summed E-state index contributed by atoms with van der Waals surface area (Å²) in [6.45, 7) is 1.19. The van der Waals surface area contributed by atoms with Gasteiger partial charge in [-0.15, -0.1) is 0 Å². The molecule has 14 heavy (non-hydrogen) atoms. The van der Waals surface area contributed by atoms with Crippen LogP contribution in [0.4, 0.5) is 0 Å². The van der Waals surface area contributed by atoms with Gasteiger partial charge in [0.1, 0.15) is 0 Å². The smallest absolute Gasteiger partial charge is 0.0568 e. The summed E-state index contributed by atoms with van der Waals surface area (Å²) in [5.74, 6) is 0.595. The van der Waals surface area contributed by atoms with E-state index in [1.54, 1.807) is 0 Å². The normalized spacial score (nSPS) is 33.6. The highest BCUT2D eigenvalue weighted by Gasteiger charge is 2.27. The van der Waals surface area contributed by atoms with Crippen LogP contribution in [0.25, 0.3) is 0 Å². The average Bonchev–Trinajstić information content (AvgIpc) is 2.44. The first-order valence-electron chi connectivity index (χ1n) is 6.15. The van der Waals surface area contributed by atoms with Gasteiger partial charge in [-0.25, -0.2) is 0 Å². The van der Waals surface area contributed by atoms with Crippen molar-refractivity contribution < 1.29 is 5.11 Å². The number of rotatable bonds is 4. The summed E-state index contributed by atoms with van der Waals surface area (Å²) in [5.41, 5.74) is 0. The van der Waals surface area contributed by atoms with Crippen molar-refractivity contribution in [1.29, 1.82) is 0 Å². The van der Waals surface area contributed by atoms with Crippen LogP contribution in [0, 0.1) is 5.92 Å². The molecule has 0 bridgehead atoms. The third kappa shape index (κ3) is 2.29. The highest BCUT2D eigenvalue weighted by molar-refractivity contribution is 4.81. The Hall–Kier alpha value is -0.0800. The van der Waals surface area contributed by atoms with Crippen molar-refractivity contribution in [1.82, 2.24) is 4.90 Å². The maximum absolute atomic E-state index is 9.69. The molecular weight excluding hydrogens is 174 g/mol. The first-order valence-corrected chi connectivity index (χ1v) is 6.15. The largest absolute Gasteiger partial charge is 0.393 e. The quantitative estimate of drug-likeness (QED) is 0.745. The molecule has 0 saturated heterocycles. The summed E-state index contributed by atoms with van der Waals surface area (Å²) >= 11 is 0. The molecule has 0 spiro atoms. The molecule has 1 N–H and O–H groups in total. The van der Waals surface area contributed by atoms with Crippen molar-refractivity contribution in [3.05, 3.63) is 0 Å². The van der Waals surface area contributed by atoms with Crippen molar-refractivity contribution in [3.8, 4) is 0 Å². The van der Waals surface area contributed by atoms with E-state index in [1.807, 2.05) is 0 Å². The van der Waals surface area contributed by atoms with Crippen molar-refractivity contribution in [2.24, 2.45) is 5.92 Å². The number of nitrogens with zero attached hydrogens (tertiary/aromatic N) is 1. The Morgan fingerprint density at radius 3 is 2.36 bits per heavy atom. The van der Waals surface area contributed by atoms with Crippen LogP contribution < -0.4 is 0 Å². The lowest BCUT2D eigenvalue weighted by Crippen LogP contribution is -2.38. The molecule has 2 nitrogen and oxygen atoms in total. The van der Waals surface area contributed by atoms with Crippen LogP contribution in [-0.4, -0.2) is 35.7 Å². The zero-order chi connectivity index (χ0) is 9.97. The van der Waals surface area contributed by atoms with Gasteiger partial charge < -0.3 is 10.0 Å². The molecule has 82 valence electrons. The summed E-state index contributed by atoms with van der Waals surface area (Å²) in [4.78, 5) is 2.49. The third-order valence-corrected chi connectivity index (χ3v) is 4.17. The van der Waals surface area contributed by atoms with Crippen LogP contribution in [0.3, 0.4) is 0 Å². The van der Waals surface area contributed by atoms with Crippen LogP contribution in [0.2, 0.25) is 0 Å². The molecule has 2 atom stereocenters. The maximum Gasteiger partial charge on any atom is 0.0568 e. The first kappa shape index (κ1) is 10.4. The second-order valence-electron chi connectivity index (χ2n) is 5.11. The van der Waals surface area contributed by atoms with Gasteiger partial charge in [0, 0.05) is 6.04 Å². The lowest BCUT2D eigenvalue weighted by Gasteiger charge is -2.35.